The van der Waals surface area contributed by atoms with Gasteiger partial charge < -0.3 is 4.74 Å². The number of benzene rings is 1. The second kappa shape index (κ2) is 6.64. The fourth-order valence-electron chi connectivity index (χ4n) is 3.50. The summed E-state index contributed by atoms with van der Waals surface area (Å²) < 4.78 is 21.0. The lowest BCUT2D eigenvalue weighted by molar-refractivity contribution is -0.196. The predicted octanol–water partition coefficient (Wildman–Crippen LogP) is 1.61. The molecule has 0 saturated carbocycles. The quantitative estimate of drug-likeness (QED) is 0.700. The molecule has 0 bridgehead atoms. The Hall–Kier alpha value is -1.55. The standard InChI is InChI=1S/C16H18BrFN2O5/c1-9(21)20-16(11-6-10(17)4-5-13(11)18)8-24-14(12(16)7-25-20)15(22)19(2)23-3/h4-6,12,14H,7-8H2,1-3H3/t12-,14+,16-/m1/s1. The molecule has 1 aromatic carbocycles. The van der Waals surface area contributed by atoms with Gasteiger partial charge in [-0.2, -0.15) is 0 Å². The monoisotopic (exact) mass is 416 g/mol. The molecule has 0 N–H and O–H groups in total. The van der Waals surface area contributed by atoms with Gasteiger partial charge in [-0.3, -0.25) is 19.3 Å². The number of halogens is 2. The molecule has 0 radical (unpaired) electrons. The van der Waals surface area contributed by atoms with Crippen LogP contribution >= 0.6 is 15.9 Å². The van der Waals surface area contributed by atoms with Gasteiger partial charge in [-0.15, -0.1) is 0 Å². The van der Waals surface area contributed by atoms with Crippen LogP contribution in [0.25, 0.3) is 0 Å². The summed E-state index contributed by atoms with van der Waals surface area (Å²) in [7, 11) is 2.82. The molecule has 0 unspecified atom stereocenters. The number of carbonyl (C=O) groups excluding carboxylic acids is 2. The maximum Gasteiger partial charge on any atom is 0.275 e. The number of ether oxygens (including phenoxy) is 1. The van der Waals surface area contributed by atoms with Crippen molar-refractivity contribution in [3.8, 4) is 0 Å². The minimum Gasteiger partial charge on any atom is -0.365 e. The summed E-state index contributed by atoms with van der Waals surface area (Å²) in [5.41, 5.74) is -0.968. The van der Waals surface area contributed by atoms with E-state index in [4.69, 9.17) is 14.4 Å². The zero-order valence-corrected chi connectivity index (χ0v) is 15.6. The van der Waals surface area contributed by atoms with Gasteiger partial charge >= 0.3 is 0 Å². The van der Waals surface area contributed by atoms with Crippen LogP contribution in [0.3, 0.4) is 0 Å². The van der Waals surface area contributed by atoms with Crippen LogP contribution in [0.2, 0.25) is 0 Å². The molecule has 2 saturated heterocycles. The maximum absolute atomic E-state index is 14.7. The molecule has 2 fully saturated rings. The Kier molecular flexibility index (Phi) is 4.84. The Labute approximate surface area is 152 Å². The van der Waals surface area contributed by atoms with E-state index in [2.05, 4.69) is 15.9 Å². The smallest absolute Gasteiger partial charge is 0.275 e. The van der Waals surface area contributed by atoms with Crippen LogP contribution < -0.4 is 0 Å². The first-order valence-electron chi connectivity index (χ1n) is 7.65. The van der Waals surface area contributed by atoms with E-state index in [1.54, 1.807) is 12.1 Å². The van der Waals surface area contributed by atoms with Crippen molar-refractivity contribution < 1.29 is 28.4 Å². The highest BCUT2D eigenvalue weighted by Gasteiger charge is 2.63. The molecule has 2 amide bonds. The van der Waals surface area contributed by atoms with Gasteiger partial charge in [0.15, 0.2) is 0 Å². The Balaban J connectivity index is 2.10. The molecule has 2 heterocycles. The number of hydroxylamine groups is 4. The predicted molar refractivity (Wildman–Crippen MR) is 87.3 cm³/mol. The Bertz CT molecular complexity index is 718. The second-order valence-corrected chi connectivity index (χ2v) is 6.93. The van der Waals surface area contributed by atoms with E-state index in [1.165, 1.54) is 27.1 Å². The first-order chi connectivity index (χ1) is 11.8. The number of hydrogen-bond acceptors (Lipinski definition) is 5. The van der Waals surface area contributed by atoms with Crippen molar-refractivity contribution >= 4 is 27.7 Å². The van der Waals surface area contributed by atoms with Crippen LogP contribution in [0, 0.1) is 11.7 Å². The molecule has 3 rings (SSSR count). The van der Waals surface area contributed by atoms with Crippen molar-refractivity contribution in [3.63, 3.8) is 0 Å². The van der Waals surface area contributed by atoms with Crippen LogP contribution in [-0.2, 0) is 29.5 Å². The van der Waals surface area contributed by atoms with Gasteiger partial charge in [-0.05, 0) is 18.2 Å². The zero-order valence-electron chi connectivity index (χ0n) is 14.0. The SMILES string of the molecule is CON(C)C(=O)[C@H]1OC[C@@]2(c3cc(Br)ccc3F)[C@@H]1CON2C(C)=O. The van der Waals surface area contributed by atoms with E-state index in [9.17, 15) is 14.0 Å². The van der Waals surface area contributed by atoms with Crippen molar-refractivity contribution in [2.75, 3.05) is 27.4 Å². The molecule has 7 nitrogen and oxygen atoms in total. The van der Waals surface area contributed by atoms with Crippen LogP contribution in [0.5, 0.6) is 0 Å². The van der Waals surface area contributed by atoms with Crippen LogP contribution in [0.1, 0.15) is 12.5 Å². The Morgan fingerprint density at radius 3 is 2.84 bits per heavy atom. The van der Waals surface area contributed by atoms with E-state index in [1.807, 2.05) is 0 Å². The molecule has 25 heavy (non-hydrogen) atoms. The Morgan fingerprint density at radius 1 is 1.48 bits per heavy atom. The van der Waals surface area contributed by atoms with E-state index in [0.29, 0.717) is 4.47 Å². The fourth-order valence-corrected chi connectivity index (χ4v) is 3.86. The molecular weight excluding hydrogens is 399 g/mol. The number of nitrogens with zero attached hydrogens (tertiary/aromatic N) is 2. The minimum absolute atomic E-state index is 0.0551. The molecule has 1 aromatic rings. The number of rotatable bonds is 3. The highest BCUT2D eigenvalue weighted by atomic mass is 79.9. The average molecular weight is 417 g/mol. The van der Waals surface area contributed by atoms with E-state index < -0.39 is 35.2 Å². The first-order valence-corrected chi connectivity index (χ1v) is 8.44. The maximum atomic E-state index is 14.7. The van der Waals surface area contributed by atoms with Crippen molar-refractivity contribution in [2.45, 2.75) is 18.6 Å². The van der Waals surface area contributed by atoms with E-state index in [-0.39, 0.29) is 18.8 Å². The molecule has 2 aliphatic heterocycles. The second-order valence-electron chi connectivity index (χ2n) is 6.01. The normalized spacial score (nSPS) is 28.1. The molecular formula is C16H18BrFN2O5. The summed E-state index contributed by atoms with van der Waals surface area (Å²) in [6.07, 6.45) is -0.910. The molecule has 0 aliphatic carbocycles. The third kappa shape index (κ3) is 2.75. The lowest BCUT2D eigenvalue weighted by Crippen LogP contribution is -2.49. The third-order valence-electron chi connectivity index (χ3n) is 4.72. The van der Waals surface area contributed by atoms with Gasteiger partial charge in [-0.1, -0.05) is 15.9 Å². The highest BCUT2D eigenvalue weighted by Crippen LogP contribution is 2.50. The van der Waals surface area contributed by atoms with Crippen molar-refractivity contribution in [1.29, 1.82) is 0 Å². The van der Waals surface area contributed by atoms with Gasteiger partial charge in [0.25, 0.3) is 5.91 Å². The fraction of sp³-hybridized carbons (Fsp3) is 0.500. The highest BCUT2D eigenvalue weighted by molar-refractivity contribution is 9.10. The van der Waals surface area contributed by atoms with E-state index >= 15 is 0 Å². The van der Waals surface area contributed by atoms with Gasteiger partial charge in [0.05, 0.1) is 26.2 Å². The van der Waals surface area contributed by atoms with Gasteiger partial charge in [-0.25, -0.2) is 14.5 Å². The number of carbonyl (C=O) groups is 2. The first kappa shape index (κ1) is 18.2. The molecule has 2 aliphatic rings. The van der Waals surface area contributed by atoms with Crippen molar-refractivity contribution in [3.05, 3.63) is 34.1 Å². The molecule has 9 heteroatoms. The van der Waals surface area contributed by atoms with Crippen LogP contribution in [-0.4, -0.2) is 55.4 Å². The molecule has 0 aromatic heterocycles. The number of amides is 2. The van der Waals surface area contributed by atoms with Crippen molar-refractivity contribution in [1.82, 2.24) is 10.1 Å². The zero-order chi connectivity index (χ0) is 18.4. The largest absolute Gasteiger partial charge is 0.365 e. The third-order valence-corrected chi connectivity index (χ3v) is 5.21. The van der Waals surface area contributed by atoms with Gasteiger partial charge in [0, 0.05) is 24.0 Å². The van der Waals surface area contributed by atoms with Gasteiger partial charge in [0.1, 0.15) is 17.5 Å². The topological polar surface area (TPSA) is 68.3 Å². The number of hydrogen-bond donors (Lipinski definition) is 0. The Morgan fingerprint density at radius 2 is 2.20 bits per heavy atom. The number of likely N-dealkylation sites (N-methyl/N-ethyl adjacent to an activating group) is 1. The summed E-state index contributed by atoms with van der Waals surface area (Å²) in [6.45, 7) is 1.33. The molecule has 3 atom stereocenters. The summed E-state index contributed by atoms with van der Waals surface area (Å²) in [5.74, 6) is -1.87. The average Bonchev–Trinajstić information content (AvgIpc) is 3.13. The summed E-state index contributed by atoms with van der Waals surface area (Å²) in [5, 5.41) is 2.18. The molecule has 136 valence electrons. The summed E-state index contributed by atoms with van der Waals surface area (Å²) >= 11 is 3.33. The van der Waals surface area contributed by atoms with Crippen LogP contribution in [0.15, 0.2) is 22.7 Å². The lowest BCUT2D eigenvalue weighted by atomic mass is 9.78. The minimum atomic E-state index is -1.21. The van der Waals surface area contributed by atoms with E-state index in [0.717, 1.165) is 10.1 Å². The lowest BCUT2D eigenvalue weighted by Gasteiger charge is -2.35. The summed E-state index contributed by atoms with van der Waals surface area (Å²) in [4.78, 5) is 35.1. The van der Waals surface area contributed by atoms with Gasteiger partial charge in [0.2, 0.25) is 5.91 Å². The summed E-state index contributed by atoms with van der Waals surface area (Å²) in [6, 6.07) is 4.46. The van der Waals surface area contributed by atoms with Crippen LogP contribution in [0.4, 0.5) is 4.39 Å². The molecule has 0 spiro atoms. The number of fused-ring (bicyclic) bond motifs is 1. The van der Waals surface area contributed by atoms with Crippen molar-refractivity contribution in [2.24, 2.45) is 5.92 Å².